The van der Waals surface area contributed by atoms with Crippen LogP contribution in [0.1, 0.15) is 19.4 Å². The van der Waals surface area contributed by atoms with E-state index in [2.05, 4.69) is 5.43 Å². The van der Waals surface area contributed by atoms with Crippen molar-refractivity contribution in [3.8, 4) is 17.2 Å². The van der Waals surface area contributed by atoms with Crippen LogP contribution in [-0.2, 0) is 11.3 Å². The Morgan fingerprint density at radius 2 is 1.68 bits per heavy atom. The molecule has 110 valence electrons. The van der Waals surface area contributed by atoms with Crippen LogP contribution >= 0.6 is 0 Å². The molecule has 0 bridgehead atoms. The van der Waals surface area contributed by atoms with Crippen molar-refractivity contribution < 1.29 is 30.3 Å². The highest BCUT2D eigenvalue weighted by molar-refractivity contribution is 5.62. The number of nitrogens with one attached hydrogen (secondary N) is 1. The second kappa shape index (κ2) is 11.1. The van der Waals surface area contributed by atoms with Crippen LogP contribution < -0.4 is 11.3 Å². The number of hydrazine groups is 1. The molecule has 8 nitrogen and oxygen atoms in total. The highest BCUT2D eigenvalue weighted by Crippen LogP contribution is 2.36. The van der Waals surface area contributed by atoms with Crippen LogP contribution in [0, 0.1) is 0 Å². The number of aliphatic carboxylic acids is 1. The number of hydrogen-bond donors (Lipinski definition) is 7. The van der Waals surface area contributed by atoms with Crippen LogP contribution in [0.3, 0.4) is 0 Å². The minimum atomic E-state index is -0.833. The number of rotatable bonds is 2. The van der Waals surface area contributed by atoms with Gasteiger partial charge in [-0.15, -0.1) is 0 Å². The van der Waals surface area contributed by atoms with E-state index in [9.17, 15) is 5.11 Å². The number of aliphatic hydroxyl groups is 1. The molecule has 0 atom stereocenters. The fourth-order valence-electron chi connectivity index (χ4n) is 0.863. The van der Waals surface area contributed by atoms with Gasteiger partial charge in [-0.2, -0.15) is 0 Å². The molecule has 8 heteroatoms. The van der Waals surface area contributed by atoms with E-state index in [1.165, 1.54) is 12.1 Å². The SMILES string of the molecule is CC(=O)O.CCO.NNCc1ccc(O)c(O)c1O. The molecule has 0 aliphatic rings. The van der Waals surface area contributed by atoms with Gasteiger partial charge in [0.25, 0.3) is 5.97 Å². The van der Waals surface area contributed by atoms with Crippen LogP contribution in [0.15, 0.2) is 12.1 Å². The van der Waals surface area contributed by atoms with Gasteiger partial charge in [-0.25, -0.2) is 0 Å². The number of aliphatic hydroxyl groups excluding tert-OH is 1. The number of phenolic OH excluding ortho intramolecular Hbond substituents is 3. The summed E-state index contributed by atoms with van der Waals surface area (Å²) in [5.41, 5.74) is 2.74. The van der Waals surface area contributed by atoms with E-state index >= 15 is 0 Å². The number of hydrogen-bond acceptors (Lipinski definition) is 7. The Kier molecular flexibility index (Phi) is 11.3. The molecular formula is C11H20N2O6. The molecule has 8 N–H and O–H groups in total. The summed E-state index contributed by atoms with van der Waals surface area (Å²) in [5, 5.41) is 42.2. The van der Waals surface area contributed by atoms with E-state index < -0.39 is 11.7 Å². The van der Waals surface area contributed by atoms with Crippen molar-refractivity contribution in [3.63, 3.8) is 0 Å². The van der Waals surface area contributed by atoms with Gasteiger partial charge >= 0.3 is 0 Å². The lowest BCUT2D eigenvalue weighted by molar-refractivity contribution is -0.134. The van der Waals surface area contributed by atoms with Crippen LogP contribution in [0.5, 0.6) is 17.2 Å². The Labute approximate surface area is 110 Å². The second-order valence-corrected chi connectivity index (χ2v) is 3.16. The summed E-state index contributed by atoms with van der Waals surface area (Å²) in [6.07, 6.45) is 0. The molecule has 0 aliphatic carbocycles. The molecule has 0 saturated heterocycles. The zero-order chi connectivity index (χ0) is 15.4. The van der Waals surface area contributed by atoms with Gasteiger partial charge in [-0.1, -0.05) is 6.07 Å². The van der Waals surface area contributed by atoms with Crippen LogP contribution in [0.25, 0.3) is 0 Å². The Morgan fingerprint density at radius 1 is 1.26 bits per heavy atom. The molecular weight excluding hydrogens is 256 g/mol. The average molecular weight is 276 g/mol. The number of benzene rings is 1. The largest absolute Gasteiger partial charge is 0.504 e. The standard InChI is InChI=1S/C7H10N2O3.C2H4O2.C2H6O/c8-9-3-4-1-2-5(10)7(12)6(4)11;1-2(3)4;1-2-3/h1-2,9-12H,3,8H2;1H3,(H,3,4);3H,2H2,1H3. The molecule has 1 rings (SSSR count). The minimum absolute atomic E-state index is 0.222. The zero-order valence-corrected chi connectivity index (χ0v) is 10.8. The molecule has 0 aliphatic heterocycles. The maximum absolute atomic E-state index is 9.20. The van der Waals surface area contributed by atoms with Gasteiger partial charge < -0.3 is 25.5 Å². The van der Waals surface area contributed by atoms with E-state index in [0.717, 1.165) is 6.92 Å². The van der Waals surface area contributed by atoms with Crippen molar-refractivity contribution in [1.29, 1.82) is 0 Å². The topological polar surface area (TPSA) is 156 Å². The van der Waals surface area contributed by atoms with Crippen LogP contribution in [-0.4, -0.2) is 38.1 Å². The predicted octanol–water partition coefficient (Wildman–Crippen LogP) is -0.144. The molecule has 0 spiro atoms. The van der Waals surface area contributed by atoms with Crippen molar-refractivity contribution in [2.45, 2.75) is 20.4 Å². The first kappa shape index (κ1) is 19.3. The van der Waals surface area contributed by atoms with Gasteiger partial charge in [0.1, 0.15) is 0 Å². The van der Waals surface area contributed by atoms with Crippen molar-refractivity contribution >= 4 is 5.97 Å². The smallest absolute Gasteiger partial charge is 0.300 e. The highest BCUT2D eigenvalue weighted by atomic mass is 16.4. The van der Waals surface area contributed by atoms with Crippen molar-refractivity contribution in [2.24, 2.45) is 5.84 Å². The number of phenols is 3. The summed E-state index contributed by atoms with van der Waals surface area (Å²) in [4.78, 5) is 9.00. The number of aromatic hydroxyl groups is 3. The molecule has 0 aromatic heterocycles. The fraction of sp³-hybridized carbons (Fsp3) is 0.364. The Bertz CT molecular complexity index is 380. The lowest BCUT2D eigenvalue weighted by Crippen LogP contribution is -2.20. The maximum atomic E-state index is 9.20. The zero-order valence-electron chi connectivity index (χ0n) is 10.8. The minimum Gasteiger partial charge on any atom is -0.504 e. The Balaban J connectivity index is 0. The summed E-state index contributed by atoms with van der Waals surface area (Å²) in [7, 11) is 0. The molecule has 0 saturated carbocycles. The third-order valence-corrected chi connectivity index (χ3v) is 1.51. The molecule has 19 heavy (non-hydrogen) atoms. The number of carboxylic acids is 1. The number of carboxylic acid groups (broad SMARTS) is 1. The van der Waals surface area contributed by atoms with E-state index in [1.54, 1.807) is 6.92 Å². The summed E-state index contributed by atoms with van der Waals surface area (Å²) in [6.45, 7) is 3.24. The van der Waals surface area contributed by atoms with Gasteiger partial charge in [-0.05, 0) is 13.0 Å². The summed E-state index contributed by atoms with van der Waals surface area (Å²) < 4.78 is 0. The van der Waals surface area contributed by atoms with Gasteiger partial charge in [0.05, 0.1) is 0 Å². The summed E-state index contributed by atoms with van der Waals surface area (Å²) in [5.74, 6) is 2.95. The van der Waals surface area contributed by atoms with Crippen LogP contribution in [0.2, 0.25) is 0 Å². The quantitative estimate of drug-likeness (QED) is 0.223. The first-order chi connectivity index (χ1) is 8.81. The van der Waals surface area contributed by atoms with E-state index in [1.807, 2.05) is 0 Å². The van der Waals surface area contributed by atoms with Gasteiger partial charge in [0, 0.05) is 25.6 Å². The average Bonchev–Trinajstić information content (AvgIpc) is 2.31. The maximum Gasteiger partial charge on any atom is 0.300 e. The number of carbonyl (C=O) groups is 1. The van der Waals surface area contributed by atoms with Gasteiger partial charge in [0.15, 0.2) is 11.5 Å². The van der Waals surface area contributed by atoms with Gasteiger partial charge in [0.2, 0.25) is 5.75 Å². The predicted molar refractivity (Wildman–Crippen MR) is 68.5 cm³/mol. The highest BCUT2D eigenvalue weighted by Gasteiger charge is 2.09. The van der Waals surface area contributed by atoms with E-state index in [0.29, 0.717) is 5.56 Å². The molecule has 1 aromatic rings. The van der Waals surface area contributed by atoms with Crippen LogP contribution in [0.4, 0.5) is 0 Å². The first-order valence-corrected chi connectivity index (χ1v) is 5.28. The molecule has 1 aromatic carbocycles. The molecule has 0 radical (unpaired) electrons. The molecule has 0 fully saturated rings. The summed E-state index contributed by atoms with van der Waals surface area (Å²) >= 11 is 0. The third kappa shape index (κ3) is 9.65. The molecule has 0 unspecified atom stereocenters. The van der Waals surface area contributed by atoms with E-state index in [-0.39, 0.29) is 24.7 Å². The van der Waals surface area contributed by atoms with Gasteiger partial charge in [-0.3, -0.25) is 16.1 Å². The lowest BCUT2D eigenvalue weighted by atomic mass is 10.2. The molecule has 0 heterocycles. The Morgan fingerprint density at radius 3 is 2.05 bits per heavy atom. The number of nitrogens with two attached hydrogens (primary N) is 1. The van der Waals surface area contributed by atoms with Crippen molar-refractivity contribution in [3.05, 3.63) is 17.7 Å². The Hall–Kier alpha value is -2.03. The van der Waals surface area contributed by atoms with E-state index in [4.69, 9.17) is 31.1 Å². The molecule has 0 amide bonds. The normalized spacial score (nSPS) is 8.63. The fourth-order valence-corrected chi connectivity index (χ4v) is 0.863. The summed E-state index contributed by atoms with van der Waals surface area (Å²) in [6, 6.07) is 2.74. The second-order valence-electron chi connectivity index (χ2n) is 3.16. The monoisotopic (exact) mass is 276 g/mol. The third-order valence-electron chi connectivity index (χ3n) is 1.51. The van der Waals surface area contributed by atoms with Crippen molar-refractivity contribution in [2.75, 3.05) is 6.61 Å². The lowest BCUT2D eigenvalue weighted by Gasteiger charge is -2.05. The first-order valence-electron chi connectivity index (χ1n) is 5.28. The van der Waals surface area contributed by atoms with Crippen molar-refractivity contribution in [1.82, 2.24) is 5.43 Å².